The van der Waals surface area contributed by atoms with Crippen LogP contribution >= 0.6 is 0 Å². The SMILES string of the molecule is CC1(Oc2c(N)cccc2C(=O)O)CCCC1. The second kappa shape index (κ2) is 4.28. The van der Waals surface area contributed by atoms with Gasteiger partial charge in [-0.3, -0.25) is 0 Å². The Balaban J connectivity index is 2.34. The van der Waals surface area contributed by atoms with Crippen molar-refractivity contribution >= 4 is 11.7 Å². The van der Waals surface area contributed by atoms with E-state index in [0.717, 1.165) is 25.7 Å². The number of carboxylic acid groups (broad SMARTS) is 1. The van der Waals surface area contributed by atoms with Crippen molar-refractivity contribution in [3.05, 3.63) is 23.8 Å². The average molecular weight is 235 g/mol. The maximum absolute atomic E-state index is 11.1. The molecule has 92 valence electrons. The molecule has 0 aliphatic heterocycles. The monoisotopic (exact) mass is 235 g/mol. The predicted molar refractivity (Wildman–Crippen MR) is 65.3 cm³/mol. The first-order valence-electron chi connectivity index (χ1n) is 5.83. The molecule has 1 aromatic carbocycles. The fraction of sp³-hybridized carbons (Fsp3) is 0.462. The molecule has 2 rings (SSSR count). The molecule has 4 heteroatoms. The van der Waals surface area contributed by atoms with Gasteiger partial charge in [-0.1, -0.05) is 6.07 Å². The molecule has 1 aliphatic carbocycles. The molecular formula is C13H17NO3. The van der Waals surface area contributed by atoms with E-state index in [4.69, 9.17) is 15.6 Å². The molecule has 0 saturated heterocycles. The van der Waals surface area contributed by atoms with E-state index >= 15 is 0 Å². The number of para-hydroxylation sites is 1. The maximum atomic E-state index is 11.1. The van der Waals surface area contributed by atoms with Crippen LogP contribution in [-0.4, -0.2) is 16.7 Å². The fourth-order valence-corrected chi connectivity index (χ4v) is 2.31. The third kappa shape index (κ3) is 2.35. The van der Waals surface area contributed by atoms with Crippen LogP contribution in [0.4, 0.5) is 5.69 Å². The summed E-state index contributed by atoms with van der Waals surface area (Å²) < 4.78 is 5.88. The van der Waals surface area contributed by atoms with Crippen molar-refractivity contribution in [3.63, 3.8) is 0 Å². The van der Waals surface area contributed by atoms with Crippen molar-refractivity contribution in [2.45, 2.75) is 38.2 Å². The Kier molecular flexibility index (Phi) is 2.96. The number of rotatable bonds is 3. The summed E-state index contributed by atoms with van der Waals surface area (Å²) in [5.74, 6) is -0.696. The topological polar surface area (TPSA) is 72.5 Å². The zero-order valence-electron chi connectivity index (χ0n) is 9.90. The van der Waals surface area contributed by atoms with E-state index in [1.165, 1.54) is 6.07 Å². The van der Waals surface area contributed by atoms with Gasteiger partial charge >= 0.3 is 5.97 Å². The minimum Gasteiger partial charge on any atom is -0.485 e. The van der Waals surface area contributed by atoms with Gasteiger partial charge < -0.3 is 15.6 Å². The lowest BCUT2D eigenvalue weighted by Crippen LogP contribution is -2.29. The van der Waals surface area contributed by atoms with Crippen LogP contribution in [0.3, 0.4) is 0 Å². The van der Waals surface area contributed by atoms with E-state index in [9.17, 15) is 4.79 Å². The molecular weight excluding hydrogens is 218 g/mol. The third-order valence-corrected chi connectivity index (χ3v) is 3.29. The molecule has 1 saturated carbocycles. The molecule has 0 atom stereocenters. The Bertz CT molecular complexity index is 436. The molecule has 1 fully saturated rings. The minimum absolute atomic E-state index is 0.137. The quantitative estimate of drug-likeness (QED) is 0.790. The van der Waals surface area contributed by atoms with Gasteiger partial charge in [0.2, 0.25) is 0 Å². The molecule has 4 nitrogen and oxygen atoms in total. The Morgan fingerprint density at radius 1 is 1.41 bits per heavy atom. The highest BCUT2D eigenvalue weighted by atomic mass is 16.5. The molecule has 0 bridgehead atoms. The smallest absolute Gasteiger partial charge is 0.339 e. The van der Waals surface area contributed by atoms with Crippen LogP contribution in [0.15, 0.2) is 18.2 Å². The molecule has 1 aromatic rings. The standard InChI is InChI=1S/C13H17NO3/c1-13(7-2-3-8-13)17-11-9(12(15)16)5-4-6-10(11)14/h4-6H,2-3,7-8,14H2,1H3,(H,15,16). The second-order valence-electron chi connectivity index (χ2n) is 4.79. The number of hydrogen-bond donors (Lipinski definition) is 2. The van der Waals surface area contributed by atoms with Crippen LogP contribution in [0, 0.1) is 0 Å². The first-order chi connectivity index (χ1) is 8.02. The van der Waals surface area contributed by atoms with Gasteiger partial charge in [0.1, 0.15) is 11.2 Å². The number of hydrogen-bond acceptors (Lipinski definition) is 3. The summed E-state index contributed by atoms with van der Waals surface area (Å²) in [5, 5.41) is 9.11. The van der Waals surface area contributed by atoms with Crippen molar-refractivity contribution < 1.29 is 14.6 Å². The second-order valence-corrected chi connectivity index (χ2v) is 4.79. The van der Waals surface area contributed by atoms with E-state index in [1.54, 1.807) is 12.1 Å². The zero-order valence-corrected chi connectivity index (χ0v) is 9.90. The number of ether oxygens (including phenoxy) is 1. The van der Waals surface area contributed by atoms with Crippen LogP contribution in [0.1, 0.15) is 43.0 Å². The van der Waals surface area contributed by atoms with Crippen molar-refractivity contribution in [1.29, 1.82) is 0 Å². The minimum atomic E-state index is -1.01. The summed E-state index contributed by atoms with van der Waals surface area (Å²) in [6, 6.07) is 4.81. The first-order valence-corrected chi connectivity index (χ1v) is 5.83. The molecule has 0 amide bonds. The lowest BCUT2D eigenvalue weighted by atomic mass is 10.0. The molecule has 0 radical (unpaired) electrons. The number of anilines is 1. The highest BCUT2D eigenvalue weighted by Crippen LogP contribution is 2.37. The van der Waals surface area contributed by atoms with Crippen LogP contribution in [-0.2, 0) is 0 Å². The van der Waals surface area contributed by atoms with Crippen molar-refractivity contribution in [2.75, 3.05) is 5.73 Å². The number of nitrogen functional groups attached to an aromatic ring is 1. The van der Waals surface area contributed by atoms with Crippen molar-refractivity contribution in [3.8, 4) is 5.75 Å². The largest absolute Gasteiger partial charge is 0.485 e. The van der Waals surface area contributed by atoms with Gasteiger partial charge in [-0.05, 0) is 44.7 Å². The molecule has 1 aliphatic rings. The van der Waals surface area contributed by atoms with Gasteiger partial charge in [-0.2, -0.15) is 0 Å². The van der Waals surface area contributed by atoms with Crippen LogP contribution in [0.5, 0.6) is 5.75 Å². The Morgan fingerprint density at radius 2 is 2.06 bits per heavy atom. The average Bonchev–Trinajstić information content (AvgIpc) is 2.68. The Hall–Kier alpha value is -1.71. The lowest BCUT2D eigenvalue weighted by Gasteiger charge is -2.27. The predicted octanol–water partition coefficient (Wildman–Crippen LogP) is 2.68. The number of benzene rings is 1. The molecule has 0 aromatic heterocycles. The summed E-state index contributed by atoms with van der Waals surface area (Å²) in [6.45, 7) is 2.01. The summed E-state index contributed by atoms with van der Waals surface area (Å²) in [4.78, 5) is 11.1. The lowest BCUT2D eigenvalue weighted by molar-refractivity contribution is 0.0666. The fourth-order valence-electron chi connectivity index (χ4n) is 2.31. The van der Waals surface area contributed by atoms with E-state index in [1.807, 2.05) is 6.92 Å². The molecule has 17 heavy (non-hydrogen) atoms. The van der Waals surface area contributed by atoms with Gasteiger partial charge in [0.15, 0.2) is 5.75 Å². The van der Waals surface area contributed by atoms with E-state index < -0.39 is 5.97 Å². The number of carboxylic acids is 1. The molecule has 3 N–H and O–H groups in total. The van der Waals surface area contributed by atoms with Gasteiger partial charge in [0.25, 0.3) is 0 Å². The highest BCUT2D eigenvalue weighted by Gasteiger charge is 2.32. The van der Waals surface area contributed by atoms with Crippen molar-refractivity contribution in [1.82, 2.24) is 0 Å². The maximum Gasteiger partial charge on any atom is 0.339 e. The van der Waals surface area contributed by atoms with Crippen molar-refractivity contribution in [2.24, 2.45) is 0 Å². The summed E-state index contributed by atoms with van der Waals surface area (Å²) in [7, 11) is 0. The Labute approximate surface area is 100 Å². The summed E-state index contributed by atoms with van der Waals surface area (Å²) in [6.07, 6.45) is 4.12. The van der Waals surface area contributed by atoms with Crippen LogP contribution in [0.25, 0.3) is 0 Å². The van der Waals surface area contributed by atoms with E-state index in [0.29, 0.717) is 11.4 Å². The van der Waals surface area contributed by atoms with Gasteiger partial charge in [-0.15, -0.1) is 0 Å². The van der Waals surface area contributed by atoms with E-state index in [2.05, 4.69) is 0 Å². The number of aromatic carboxylic acids is 1. The first kappa shape index (κ1) is 11.8. The third-order valence-electron chi connectivity index (χ3n) is 3.29. The molecule has 0 spiro atoms. The normalized spacial score (nSPS) is 17.9. The number of carbonyl (C=O) groups is 1. The zero-order chi connectivity index (χ0) is 12.5. The van der Waals surface area contributed by atoms with Gasteiger partial charge in [0.05, 0.1) is 5.69 Å². The van der Waals surface area contributed by atoms with Crippen LogP contribution < -0.4 is 10.5 Å². The number of nitrogens with two attached hydrogens (primary N) is 1. The van der Waals surface area contributed by atoms with Gasteiger partial charge in [-0.25, -0.2) is 4.79 Å². The van der Waals surface area contributed by atoms with Gasteiger partial charge in [0, 0.05) is 0 Å². The van der Waals surface area contributed by atoms with Crippen LogP contribution in [0.2, 0.25) is 0 Å². The Morgan fingerprint density at radius 3 is 2.65 bits per heavy atom. The van der Waals surface area contributed by atoms with E-state index in [-0.39, 0.29) is 11.2 Å². The highest BCUT2D eigenvalue weighted by molar-refractivity contribution is 5.93. The summed E-state index contributed by atoms with van der Waals surface area (Å²) in [5.41, 5.74) is 6.05. The molecule has 0 unspecified atom stereocenters. The summed E-state index contributed by atoms with van der Waals surface area (Å²) >= 11 is 0. The molecule has 0 heterocycles.